The summed E-state index contributed by atoms with van der Waals surface area (Å²) in [6, 6.07) is 11.0. The van der Waals surface area contributed by atoms with Gasteiger partial charge in [-0.3, -0.25) is 9.80 Å². The molecule has 3 nitrogen and oxygen atoms in total. The van der Waals surface area contributed by atoms with Crippen LogP contribution in [0.2, 0.25) is 0 Å². The van der Waals surface area contributed by atoms with Crippen LogP contribution >= 0.6 is 11.8 Å². The van der Waals surface area contributed by atoms with E-state index in [0.717, 1.165) is 24.9 Å². The molecule has 1 aromatic rings. The third-order valence-electron chi connectivity index (χ3n) is 4.54. The highest BCUT2D eigenvalue weighted by Gasteiger charge is 2.25. The second kappa shape index (κ2) is 8.06. The zero-order valence-corrected chi connectivity index (χ0v) is 13.6. The summed E-state index contributed by atoms with van der Waals surface area (Å²) in [5.74, 6) is 3.63. The molecule has 0 spiro atoms. The first-order chi connectivity index (χ1) is 10.4. The average molecular weight is 306 g/mol. The highest BCUT2D eigenvalue weighted by atomic mass is 32.2. The van der Waals surface area contributed by atoms with Crippen LogP contribution in [-0.2, 0) is 0 Å². The van der Waals surface area contributed by atoms with Crippen LogP contribution in [0, 0.1) is 0 Å². The van der Waals surface area contributed by atoms with Gasteiger partial charge < -0.3 is 4.74 Å². The Labute approximate surface area is 132 Å². The highest BCUT2D eigenvalue weighted by molar-refractivity contribution is 7.99. The van der Waals surface area contributed by atoms with Crippen molar-refractivity contribution in [1.82, 2.24) is 9.80 Å². The zero-order chi connectivity index (χ0) is 14.3. The molecule has 2 aliphatic heterocycles. The van der Waals surface area contributed by atoms with E-state index in [4.69, 9.17) is 4.74 Å². The van der Waals surface area contributed by atoms with Crippen molar-refractivity contribution in [1.29, 1.82) is 0 Å². The number of para-hydroxylation sites is 1. The van der Waals surface area contributed by atoms with E-state index in [-0.39, 0.29) is 0 Å². The fourth-order valence-corrected chi connectivity index (χ4v) is 4.19. The molecule has 0 bridgehead atoms. The summed E-state index contributed by atoms with van der Waals surface area (Å²) in [6.45, 7) is 6.91. The van der Waals surface area contributed by atoms with E-state index in [1.165, 1.54) is 50.5 Å². The van der Waals surface area contributed by atoms with Gasteiger partial charge in [-0.05, 0) is 38.1 Å². The third kappa shape index (κ3) is 4.63. The zero-order valence-electron chi connectivity index (χ0n) is 12.7. The van der Waals surface area contributed by atoms with Crippen LogP contribution in [-0.4, -0.2) is 66.7 Å². The van der Waals surface area contributed by atoms with Gasteiger partial charge in [0.05, 0.1) is 0 Å². The standard InChI is InChI=1S/C17H26N2OS/c1-2-4-17(5-3-1)20-13-10-18-8-6-16(7-9-18)19-11-14-21-15-12-19/h1-5,16H,6-15H2. The van der Waals surface area contributed by atoms with Gasteiger partial charge in [-0.1, -0.05) is 18.2 Å². The van der Waals surface area contributed by atoms with E-state index in [1.807, 2.05) is 30.3 Å². The van der Waals surface area contributed by atoms with E-state index in [1.54, 1.807) is 0 Å². The number of benzene rings is 1. The highest BCUT2D eigenvalue weighted by Crippen LogP contribution is 2.20. The molecule has 2 aliphatic rings. The molecular formula is C17H26N2OS. The number of hydrogen-bond donors (Lipinski definition) is 0. The molecule has 3 rings (SSSR count). The molecule has 0 radical (unpaired) electrons. The summed E-state index contributed by atoms with van der Waals surface area (Å²) in [7, 11) is 0. The van der Waals surface area contributed by atoms with Crippen LogP contribution in [0.3, 0.4) is 0 Å². The van der Waals surface area contributed by atoms with E-state index in [2.05, 4.69) is 21.6 Å². The lowest BCUT2D eigenvalue weighted by Gasteiger charge is -2.40. The molecule has 2 fully saturated rings. The maximum absolute atomic E-state index is 5.80. The van der Waals surface area contributed by atoms with Crippen molar-refractivity contribution >= 4 is 11.8 Å². The Hall–Kier alpha value is -0.710. The minimum atomic E-state index is 0.801. The number of rotatable bonds is 5. The van der Waals surface area contributed by atoms with Gasteiger partial charge in [-0.2, -0.15) is 11.8 Å². The molecule has 4 heteroatoms. The number of likely N-dealkylation sites (tertiary alicyclic amines) is 1. The summed E-state index contributed by atoms with van der Waals surface area (Å²) in [4.78, 5) is 5.27. The van der Waals surface area contributed by atoms with Crippen LogP contribution in [0.1, 0.15) is 12.8 Å². The van der Waals surface area contributed by atoms with Crippen LogP contribution < -0.4 is 4.74 Å². The van der Waals surface area contributed by atoms with Gasteiger partial charge in [0.25, 0.3) is 0 Å². The van der Waals surface area contributed by atoms with Gasteiger partial charge in [-0.15, -0.1) is 0 Å². The summed E-state index contributed by atoms with van der Waals surface area (Å²) < 4.78 is 5.80. The first-order valence-corrected chi connectivity index (χ1v) is 9.29. The molecule has 0 aromatic heterocycles. The van der Waals surface area contributed by atoms with Crippen LogP contribution in [0.15, 0.2) is 30.3 Å². The molecule has 2 saturated heterocycles. The fraction of sp³-hybridized carbons (Fsp3) is 0.647. The number of ether oxygens (including phenoxy) is 1. The molecular weight excluding hydrogens is 280 g/mol. The van der Waals surface area contributed by atoms with Crippen molar-refractivity contribution in [2.75, 3.05) is 50.8 Å². The Bertz CT molecular complexity index is 401. The van der Waals surface area contributed by atoms with Crippen LogP contribution in [0.5, 0.6) is 5.75 Å². The van der Waals surface area contributed by atoms with Gasteiger partial charge in [0.15, 0.2) is 0 Å². The largest absolute Gasteiger partial charge is 0.492 e. The third-order valence-corrected chi connectivity index (χ3v) is 5.48. The lowest BCUT2D eigenvalue weighted by Crippen LogP contribution is -2.48. The van der Waals surface area contributed by atoms with E-state index in [0.29, 0.717) is 0 Å². The van der Waals surface area contributed by atoms with Crippen molar-refractivity contribution in [3.8, 4) is 5.75 Å². The summed E-state index contributed by atoms with van der Waals surface area (Å²) >= 11 is 2.10. The molecule has 0 N–H and O–H groups in total. The predicted octanol–water partition coefficient (Wildman–Crippen LogP) is 2.58. The SMILES string of the molecule is c1ccc(OCCN2CCC(N3CCSCC3)CC2)cc1. The average Bonchev–Trinajstić information content (AvgIpc) is 2.57. The Morgan fingerprint density at radius 2 is 1.71 bits per heavy atom. The Balaban J connectivity index is 1.34. The molecule has 116 valence electrons. The van der Waals surface area contributed by atoms with Gasteiger partial charge in [0, 0.05) is 37.2 Å². The molecule has 0 aliphatic carbocycles. The van der Waals surface area contributed by atoms with Crippen LogP contribution in [0.4, 0.5) is 0 Å². The summed E-state index contributed by atoms with van der Waals surface area (Å²) in [5.41, 5.74) is 0. The molecule has 0 saturated carbocycles. The quantitative estimate of drug-likeness (QED) is 0.830. The summed E-state index contributed by atoms with van der Waals surface area (Å²) in [6.07, 6.45) is 2.66. The lowest BCUT2D eigenvalue weighted by atomic mass is 10.0. The molecule has 2 heterocycles. The molecule has 0 unspecified atom stereocenters. The monoisotopic (exact) mass is 306 g/mol. The van der Waals surface area contributed by atoms with E-state index < -0.39 is 0 Å². The minimum absolute atomic E-state index is 0.801. The number of piperidine rings is 1. The Kier molecular flexibility index (Phi) is 5.83. The summed E-state index contributed by atoms with van der Waals surface area (Å²) in [5, 5.41) is 0. The predicted molar refractivity (Wildman–Crippen MR) is 90.3 cm³/mol. The topological polar surface area (TPSA) is 15.7 Å². The molecule has 0 atom stereocenters. The van der Waals surface area contributed by atoms with E-state index in [9.17, 15) is 0 Å². The second-order valence-electron chi connectivity index (χ2n) is 5.88. The first kappa shape index (κ1) is 15.2. The normalized spacial score (nSPS) is 22.3. The lowest BCUT2D eigenvalue weighted by molar-refractivity contribution is 0.106. The van der Waals surface area contributed by atoms with Crippen molar-refractivity contribution in [3.63, 3.8) is 0 Å². The van der Waals surface area contributed by atoms with Gasteiger partial charge in [-0.25, -0.2) is 0 Å². The molecule has 21 heavy (non-hydrogen) atoms. The number of nitrogens with zero attached hydrogens (tertiary/aromatic N) is 2. The van der Waals surface area contributed by atoms with Crippen molar-refractivity contribution in [2.24, 2.45) is 0 Å². The molecule has 0 amide bonds. The fourth-order valence-electron chi connectivity index (χ4n) is 3.26. The first-order valence-electron chi connectivity index (χ1n) is 8.14. The number of thioether (sulfide) groups is 1. The van der Waals surface area contributed by atoms with Gasteiger partial charge >= 0.3 is 0 Å². The van der Waals surface area contributed by atoms with Crippen molar-refractivity contribution in [2.45, 2.75) is 18.9 Å². The Morgan fingerprint density at radius 1 is 1.00 bits per heavy atom. The second-order valence-corrected chi connectivity index (χ2v) is 7.11. The van der Waals surface area contributed by atoms with E-state index >= 15 is 0 Å². The van der Waals surface area contributed by atoms with Crippen molar-refractivity contribution < 1.29 is 4.74 Å². The Morgan fingerprint density at radius 3 is 2.43 bits per heavy atom. The van der Waals surface area contributed by atoms with Crippen LogP contribution in [0.25, 0.3) is 0 Å². The number of hydrogen-bond acceptors (Lipinski definition) is 4. The maximum atomic E-state index is 5.80. The van der Waals surface area contributed by atoms with Crippen molar-refractivity contribution in [3.05, 3.63) is 30.3 Å². The minimum Gasteiger partial charge on any atom is -0.492 e. The van der Waals surface area contributed by atoms with Gasteiger partial charge in [0.1, 0.15) is 12.4 Å². The van der Waals surface area contributed by atoms with Gasteiger partial charge in [0.2, 0.25) is 0 Å². The molecule has 1 aromatic carbocycles. The maximum Gasteiger partial charge on any atom is 0.119 e. The smallest absolute Gasteiger partial charge is 0.119 e.